The quantitative estimate of drug-likeness (QED) is 0.754. The van der Waals surface area contributed by atoms with Crippen LogP contribution >= 0.6 is 0 Å². The molecular formula is C19H21BF3NO3. The Bertz CT molecular complexity index is 808. The lowest BCUT2D eigenvalue weighted by molar-refractivity contribution is -0.138. The number of alkyl halides is 3. The number of halogens is 3. The van der Waals surface area contributed by atoms with Gasteiger partial charge in [-0.25, -0.2) is 4.98 Å². The molecular weight excluding hydrogens is 358 g/mol. The summed E-state index contributed by atoms with van der Waals surface area (Å²) < 4.78 is 56.7. The minimum atomic E-state index is -4.43. The van der Waals surface area contributed by atoms with Crippen molar-refractivity contribution in [1.82, 2.24) is 4.98 Å². The molecule has 0 N–H and O–H groups in total. The van der Waals surface area contributed by atoms with Gasteiger partial charge in [-0.3, -0.25) is 0 Å². The minimum Gasteiger partial charge on any atom is -0.473 e. The Morgan fingerprint density at radius 1 is 1.04 bits per heavy atom. The van der Waals surface area contributed by atoms with Crippen molar-refractivity contribution in [2.45, 2.75) is 51.7 Å². The van der Waals surface area contributed by atoms with E-state index in [2.05, 4.69) is 4.98 Å². The van der Waals surface area contributed by atoms with E-state index in [0.29, 0.717) is 5.46 Å². The summed E-state index contributed by atoms with van der Waals surface area (Å²) in [6, 6.07) is 8.68. The van der Waals surface area contributed by atoms with Gasteiger partial charge in [-0.2, -0.15) is 13.2 Å². The summed E-state index contributed by atoms with van der Waals surface area (Å²) in [5, 5.41) is 0. The van der Waals surface area contributed by atoms with Gasteiger partial charge in [0.1, 0.15) is 6.61 Å². The number of ether oxygens (including phenoxy) is 1. The van der Waals surface area contributed by atoms with E-state index in [4.69, 9.17) is 14.0 Å². The molecule has 1 aromatic heterocycles. The second kappa shape index (κ2) is 6.84. The highest BCUT2D eigenvalue weighted by molar-refractivity contribution is 6.62. The molecule has 3 rings (SSSR count). The first-order valence-electron chi connectivity index (χ1n) is 8.59. The van der Waals surface area contributed by atoms with Crippen molar-refractivity contribution in [3.05, 3.63) is 53.7 Å². The molecule has 0 atom stereocenters. The van der Waals surface area contributed by atoms with E-state index < -0.39 is 30.1 Å². The third kappa shape index (κ3) is 4.11. The molecule has 144 valence electrons. The molecule has 27 heavy (non-hydrogen) atoms. The van der Waals surface area contributed by atoms with Crippen molar-refractivity contribution in [3.8, 4) is 5.88 Å². The van der Waals surface area contributed by atoms with Gasteiger partial charge in [0.2, 0.25) is 5.88 Å². The molecule has 1 aliphatic heterocycles. The van der Waals surface area contributed by atoms with Crippen molar-refractivity contribution in [2.75, 3.05) is 0 Å². The predicted octanol–water partition coefficient (Wildman–Crippen LogP) is 3.98. The average molecular weight is 379 g/mol. The van der Waals surface area contributed by atoms with E-state index in [1.165, 1.54) is 18.3 Å². The predicted molar refractivity (Wildman–Crippen MR) is 95.7 cm³/mol. The second-order valence-corrected chi connectivity index (χ2v) is 7.46. The van der Waals surface area contributed by atoms with E-state index >= 15 is 0 Å². The lowest BCUT2D eigenvalue weighted by Crippen LogP contribution is -2.41. The summed E-state index contributed by atoms with van der Waals surface area (Å²) in [5.74, 6) is 0.208. The van der Waals surface area contributed by atoms with Gasteiger partial charge in [0.05, 0.1) is 16.8 Å². The smallest absolute Gasteiger partial charge is 0.473 e. The Hall–Kier alpha value is -2.06. The summed E-state index contributed by atoms with van der Waals surface area (Å²) in [6.45, 7) is 7.54. The number of rotatable bonds is 4. The molecule has 2 heterocycles. The topological polar surface area (TPSA) is 40.6 Å². The van der Waals surface area contributed by atoms with Gasteiger partial charge in [-0.15, -0.1) is 0 Å². The van der Waals surface area contributed by atoms with Crippen LogP contribution < -0.4 is 10.2 Å². The average Bonchev–Trinajstić information content (AvgIpc) is 2.80. The van der Waals surface area contributed by atoms with Crippen molar-refractivity contribution in [1.29, 1.82) is 0 Å². The zero-order valence-electron chi connectivity index (χ0n) is 15.6. The van der Waals surface area contributed by atoms with Gasteiger partial charge in [-0.1, -0.05) is 18.2 Å². The number of benzene rings is 1. The molecule has 1 aliphatic rings. The molecule has 0 saturated carbocycles. The summed E-state index contributed by atoms with van der Waals surface area (Å²) in [4.78, 5) is 4.08. The Labute approximate surface area is 156 Å². The van der Waals surface area contributed by atoms with Crippen LogP contribution in [0.1, 0.15) is 38.8 Å². The van der Waals surface area contributed by atoms with Crippen LogP contribution in [0, 0.1) is 0 Å². The molecule has 1 aromatic carbocycles. The normalized spacial score (nSPS) is 18.6. The Balaban J connectivity index is 1.75. The molecule has 4 nitrogen and oxygen atoms in total. The van der Waals surface area contributed by atoms with Gasteiger partial charge in [0.25, 0.3) is 0 Å². The van der Waals surface area contributed by atoms with E-state index in [1.54, 1.807) is 18.2 Å². The Morgan fingerprint density at radius 2 is 1.67 bits per heavy atom. The maximum absolute atomic E-state index is 13.1. The van der Waals surface area contributed by atoms with Crippen LogP contribution in [-0.2, 0) is 22.1 Å². The fourth-order valence-corrected chi connectivity index (χ4v) is 2.70. The summed E-state index contributed by atoms with van der Waals surface area (Å²) >= 11 is 0. The summed E-state index contributed by atoms with van der Waals surface area (Å²) in [5.41, 5.74) is -0.955. The van der Waals surface area contributed by atoms with Crippen LogP contribution in [0.5, 0.6) is 5.88 Å². The minimum absolute atomic E-state index is 0.0489. The maximum Gasteiger partial charge on any atom is 0.495 e. The fourth-order valence-electron chi connectivity index (χ4n) is 2.70. The third-order valence-corrected chi connectivity index (χ3v) is 4.98. The highest BCUT2D eigenvalue weighted by Gasteiger charge is 2.51. The van der Waals surface area contributed by atoms with Gasteiger partial charge in [0, 0.05) is 17.8 Å². The van der Waals surface area contributed by atoms with Crippen LogP contribution in [0.4, 0.5) is 13.2 Å². The molecule has 0 bridgehead atoms. The number of pyridine rings is 1. The summed E-state index contributed by atoms with van der Waals surface area (Å²) in [7, 11) is -0.595. The van der Waals surface area contributed by atoms with Crippen LogP contribution in [0.2, 0.25) is 0 Å². The van der Waals surface area contributed by atoms with Crippen molar-refractivity contribution < 1.29 is 27.2 Å². The highest BCUT2D eigenvalue weighted by atomic mass is 19.4. The molecule has 0 unspecified atom stereocenters. The molecule has 1 saturated heterocycles. The summed E-state index contributed by atoms with van der Waals surface area (Å²) in [6.07, 6.45) is -2.91. The van der Waals surface area contributed by atoms with Crippen LogP contribution in [0.15, 0.2) is 42.6 Å². The largest absolute Gasteiger partial charge is 0.495 e. The van der Waals surface area contributed by atoms with Crippen molar-refractivity contribution in [2.24, 2.45) is 0 Å². The number of hydrogen-bond donors (Lipinski definition) is 0. The van der Waals surface area contributed by atoms with Crippen LogP contribution in [-0.4, -0.2) is 23.3 Å². The molecule has 1 fully saturated rings. The van der Waals surface area contributed by atoms with E-state index in [9.17, 15) is 13.2 Å². The zero-order chi connectivity index (χ0) is 19.9. The van der Waals surface area contributed by atoms with Gasteiger partial charge < -0.3 is 14.0 Å². The molecule has 2 aromatic rings. The van der Waals surface area contributed by atoms with E-state index in [-0.39, 0.29) is 18.1 Å². The zero-order valence-corrected chi connectivity index (χ0v) is 15.6. The second-order valence-electron chi connectivity index (χ2n) is 7.46. The Morgan fingerprint density at radius 3 is 2.30 bits per heavy atom. The first-order chi connectivity index (χ1) is 12.5. The SMILES string of the molecule is CC1(C)OB(c2ccnc(OCc3ccccc3C(F)(F)F)c2)OC1(C)C. The lowest BCUT2D eigenvalue weighted by atomic mass is 9.80. The maximum atomic E-state index is 13.1. The molecule has 0 aliphatic carbocycles. The first-order valence-corrected chi connectivity index (χ1v) is 8.59. The first kappa shape index (κ1) is 19.7. The van der Waals surface area contributed by atoms with Gasteiger partial charge in [-0.05, 0) is 45.3 Å². The van der Waals surface area contributed by atoms with Crippen molar-refractivity contribution in [3.63, 3.8) is 0 Å². The lowest BCUT2D eigenvalue weighted by Gasteiger charge is -2.32. The number of hydrogen-bond acceptors (Lipinski definition) is 4. The van der Waals surface area contributed by atoms with Crippen molar-refractivity contribution >= 4 is 12.6 Å². The Kier molecular flexibility index (Phi) is 4.99. The van der Waals surface area contributed by atoms with E-state index in [0.717, 1.165) is 6.07 Å². The van der Waals surface area contributed by atoms with Gasteiger partial charge in [0.15, 0.2) is 0 Å². The molecule has 0 radical (unpaired) electrons. The molecule has 8 heteroatoms. The van der Waals surface area contributed by atoms with Crippen LogP contribution in [0.3, 0.4) is 0 Å². The van der Waals surface area contributed by atoms with Crippen LogP contribution in [0.25, 0.3) is 0 Å². The van der Waals surface area contributed by atoms with Gasteiger partial charge >= 0.3 is 13.3 Å². The highest BCUT2D eigenvalue weighted by Crippen LogP contribution is 2.36. The number of aromatic nitrogens is 1. The molecule has 0 spiro atoms. The molecule has 0 amide bonds. The fraction of sp³-hybridized carbons (Fsp3) is 0.421. The third-order valence-electron chi connectivity index (χ3n) is 4.98. The number of nitrogens with zero attached hydrogens (tertiary/aromatic N) is 1. The van der Waals surface area contributed by atoms with E-state index in [1.807, 2.05) is 27.7 Å². The monoisotopic (exact) mass is 379 g/mol. The standard InChI is InChI=1S/C19H21BF3NO3/c1-17(2)18(3,4)27-20(26-17)14-9-10-24-16(11-14)25-12-13-7-5-6-8-15(13)19(21,22)23/h5-11H,12H2,1-4H3.